The van der Waals surface area contributed by atoms with Crippen molar-refractivity contribution in [2.75, 3.05) is 6.54 Å². The number of thiophene rings is 1. The van der Waals surface area contributed by atoms with Crippen molar-refractivity contribution in [3.63, 3.8) is 0 Å². The molecule has 3 aliphatic rings. The molecule has 1 aromatic rings. The highest BCUT2D eigenvalue weighted by Crippen LogP contribution is 2.40. The van der Waals surface area contributed by atoms with E-state index in [-0.39, 0.29) is 11.9 Å². The van der Waals surface area contributed by atoms with Crippen LogP contribution in [0.25, 0.3) is 0 Å². The van der Waals surface area contributed by atoms with Crippen molar-refractivity contribution in [2.24, 2.45) is 11.8 Å². The minimum atomic E-state index is -0.788. The first-order chi connectivity index (χ1) is 9.08. The van der Waals surface area contributed by atoms with E-state index in [1.807, 2.05) is 0 Å². The highest BCUT2D eigenvalue weighted by Gasteiger charge is 2.46. The number of aliphatic carboxylic acids is 1. The van der Waals surface area contributed by atoms with Crippen molar-refractivity contribution >= 4 is 34.8 Å². The summed E-state index contributed by atoms with van der Waals surface area (Å²) in [6, 6.07) is 1.54. The van der Waals surface area contributed by atoms with Crippen molar-refractivity contribution in [3.05, 3.63) is 21.3 Å². The van der Waals surface area contributed by atoms with Gasteiger partial charge in [0.25, 0.3) is 5.91 Å². The number of carboxylic acid groups (broad SMARTS) is 1. The molecule has 2 aliphatic heterocycles. The average Bonchev–Trinajstić information content (AvgIpc) is 2.84. The number of nitrogens with zero attached hydrogens (tertiary/aromatic N) is 1. The molecule has 19 heavy (non-hydrogen) atoms. The number of hydrogen-bond acceptors (Lipinski definition) is 3. The third kappa shape index (κ3) is 2.15. The average molecular weight is 300 g/mol. The highest BCUT2D eigenvalue weighted by atomic mass is 35.5. The second-order valence-electron chi connectivity index (χ2n) is 5.26. The van der Waals surface area contributed by atoms with E-state index in [9.17, 15) is 14.7 Å². The maximum absolute atomic E-state index is 12.5. The Morgan fingerprint density at radius 1 is 1.42 bits per heavy atom. The van der Waals surface area contributed by atoms with Crippen LogP contribution < -0.4 is 0 Å². The van der Waals surface area contributed by atoms with Gasteiger partial charge in [-0.15, -0.1) is 11.3 Å². The van der Waals surface area contributed by atoms with Crippen LogP contribution in [0, 0.1) is 11.8 Å². The van der Waals surface area contributed by atoms with Gasteiger partial charge in [0.1, 0.15) is 4.34 Å². The summed E-state index contributed by atoms with van der Waals surface area (Å²) in [6.45, 7) is 0.666. The van der Waals surface area contributed by atoms with Crippen LogP contribution in [0.1, 0.15) is 29.6 Å². The van der Waals surface area contributed by atoms with E-state index in [0.717, 1.165) is 12.8 Å². The molecule has 102 valence electrons. The van der Waals surface area contributed by atoms with Gasteiger partial charge < -0.3 is 10.0 Å². The predicted molar refractivity (Wildman–Crippen MR) is 72.6 cm³/mol. The van der Waals surface area contributed by atoms with Crippen LogP contribution in [0.5, 0.6) is 0 Å². The van der Waals surface area contributed by atoms with Gasteiger partial charge in [-0.05, 0) is 36.6 Å². The van der Waals surface area contributed by atoms with Crippen LogP contribution in [0.3, 0.4) is 0 Å². The van der Waals surface area contributed by atoms with E-state index < -0.39 is 11.9 Å². The van der Waals surface area contributed by atoms with Crippen molar-refractivity contribution < 1.29 is 14.7 Å². The molecule has 1 N–H and O–H groups in total. The molecule has 1 amide bonds. The lowest BCUT2D eigenvalue weighted by atomic mass is 9.72. The summed E-state index contributed by atoms with van der Waals surface area (Å²) in [5.74, 6) is -1.02. The van der Waals surface area contributed by atoms with Crippen LogP contribution in [0.15, 0.2) is 11.4 Å². The highest BCUT2D eigenvalue weighted by molar-refractivity contribution is 7.14. The maximum atomic E-state index is 12.5. The van der Waals surface area contributed by atoms with Gasteiger partial charge in [0, 0.05) is 12.6 Å². The molecule has 3 atom stereocenters. The zero-order valence-corrected chi connectivity index (χ0v) is 11.8. The molecule has 6 heteroatoms. The van der Waals surface area contributed by atoms with Crippen molar-refractivity contribution in [1.82, 2.24) is 4.90 Å². The van der Waals surface area contributed by atoms with E-state index >= 15 is 0 Å². The first kappa shape index (κ1) is 12.9. The Kier molecular flexibility index (Phi) is 3.27. The van der Waals surface area contributed by atoms with E-state index in [2.05, 4.69) is 0 Å². The van der Waals surface area contributed by atoms with Gasteiger partial charge in [-0.1, -0.05) is 11.6 Å². The number of carbonyl (C=O) groups is 2. The van der Waals surface area contributed by atoms with Crippen molar-refractivity contribution in [2.45, 2.75) is 25.3 Å². The fraction of sp³-hybridized carbons (Fsp3) is 0.538. The lowest BCUT2D eigenvalue weighted by molar-refractivity contribution is -0.148. The largest absolute Gasteiger partial charge is 0.481 e. The van der Waals surface area contributed by atoms with Crippen LogP contribution >= 0.6 is 22.9 Å². The van der Waals surface area contributed by atoms with Gasteiger partial charge in [0.05, 0.1) is 11.5 Å². The van der Waals surface area contributed by atoms with E-state index in [4.69, 9.17) is 11.6 Å². The Morgan fingerprint density at radius 2 is 2.21 bits per heavy atom. The molecule has 1 saturated carbocycles. The number of hydrogen-bond donors (Lipinski definition) is 1. The number of carboxylic acids is 1. The SMILES string of the molecule is O=C(O)C1CC2CCC1N(C(=O)c1ccsc1Cl)C2. The number of fused-ring (bicyclic) bond motifs is 3. The number of carbonyl (C=O) groups excluding carboxylic acids is 1. The third-order valence-corrected chi connectivity index (χ3v) is 5.37. The molecule has 0 radical (unpaired) electrons. The molecule has 1 aromatic heterocycles. The van der Waals surface area contributed by atoms with E-state index in [1.54, 1.807) is 16.3 Å². The summed E-state index contributed by atoms with van der Waals surface area (Å²) >= 11 is 7.34. The molecule has 2 saturated heterocycles. The lowest BCUT2D eigenvalue weighted by Gasteiger charge is -2.48. The minimum Gasteiger partial charge on any atom is -0.481 e. The summed E-state index contributed by atoms with van der Waals surface area (Å²) in [5, 5.41) is 11.1. The molecular weight excluding hydrogens is 286 g/mol. The summed E-state index contributed by atoms with van der Waals surface area (Å²) in [4.78, 5) is 25.5. The summed E-state index contributed by atoms with van der Waals surface area (Å²) in [5.41, 5.74) is 0.503. The summed E-state index contributed by atoms with van der Waals surface area (Å²) < 4.78 is 0.485. The van der Waals surface area contributed by atoms with Gasteiger partial charge in [-0.3, -0.25) is 9.59 Å². The molecule has 0 spiro atoms. The first-order valence-electron chi connectivity index (χ1n) is 6.34. The minimum absolute atomic E-state index is 0.119. The summed E-state index contributed by atoms with van der Waals surface area (Å²) in [7, 11) is 0. The molecule has 3 fully saturated rings. The Hall–Kier alpha value is -1.07. The van der Waals surface area contributed by atoms with Crippen LogP contribution in [0.2, 0.25) is 4.34 Å². The first-order valence-corrected chi connectivity index (χ1v) is 7.60. The van der Waals surface area contributed by atoms with Crippen molar-refractivity contribution in [1.29, 1.82) is 0 Å². The van der Waals surface area contributed by atoms with E-state index in [1.165, 1.54) is 11.3 Å². The number of halogens is 1. The smallest absolute Gasteiger partial charge is 0.308 e. The summed E-state index contributed by atoms with van der Waals surface area (Å²) in [6.07, 6.45) is 2.51. The Morgan fingerprint density at radius 3 is 2.79 bits per heavy atom. The van der Waals surface area contributed by atoms with Gasteiger partial charge in [-0.25, -0.2) is 0 Å². The molecular formula is C13H14ClNO3S. The fourth-order valence-corrected chi connectivity index (χ4v) is 4.20. The zero-order valence-electron chi connectivity index (χ0n) is 10.2. The normalized spacial score (nSPS) is 29.5. The molecule has 2 bridgehead atoms. The molecule has 4 nitrogen and oxygen atoms in total. The third-order valence-electron chi connectivity index (χ3n) is 4.20. The molecule has 3 heterocycles. The Balaban J connectivity index is 1.87. The standard InChI is InChI=1S/C13H14ClNO3S/c14-11-8(3-4-19-11)12(16)15-6-7-1-2-10(15)9(5-7)13(17)18/h3-4,7,9-10H,1-2,5-6H2,(H,17,18). The van der Waals surface area contributed by atoms with Gasteiger partial charge in [0.2, 0.25) is 0 Å². The van der Waals surface area contributed by atoms with Crippen molar-refractivity contribution in [3.8, 4) is 0 Å². The molecule has 4 rings (SSSR count). The van der Waals surface area contributed by atoms with Gasteiger partial charge >= 0.3 is 5.97 Å². The zero-order chi connectivity index (χ0) is 13.6. The molecule has 3 unspecified atom stereocenters. The Labute approximate surface area is 120 Å². The van der Waals surface area contributed by atoms with E-state index in [0.29, 0.717) is 28.8 Å². The fourth-order valence-electron chi connectivity index (χ4n) is 3.29. The quantitative estimate of drug-likeness (QED) is 0.913. The van der Waals surface area contributed by atoms with Crippen LogP contribution in [-0.4, -0.2) is 34.5 Å². The second-order valence-corrected chi connectivity index (χ2v) is 6.77. The van der Waals surface area contributed by atoms with Crippen LogP contribution in [0.4, 0.5) is 0 Å². The van der Waals surface area contributed by atoms with Gasteiger partial charge in [0.15, 0.2) is 0 Å². The maximum Gasteiger partial charge on any atom is 0.308 e. The Bertz CT molecular complexity index is 530. The van der Waals surface area contributed by atoms with Gasteiger partial charge in [-0.2, -0.15) is 0 Å². The number of piperidine rings is 2. The molecule has 0 aromatic carbocycles. The number of rotatable bonds is 2. The monoisotopic (exact) mass is 299 g/mol. The lowest BCUT2D eigenvalue weighted by Crippen LogP contribution is -2.57. The van der Waals surface area contributed by atoms with Crippen LogP contribution in [-0.2, 0) is 4.79 Å². The predicted octanol–water partition coefficient (Wildman–Crippen LogP) is 2.73. The second kappa shape index (κ2) is 4.80. The topological polar surface area (TPSA) is 57.6 Å². The number of amides is 1. The molecule has 1 aliphatic carbocycles.